The van der Waals surface area contributed by atoms with Gasteiger partial charge in [-0.2, -0.15) is 0 Å². The Kier molecular flexibility index (Phi) is 6.99. The number of nitrogens with one attached hydrogen (secondary N) is 3. The molecular formula is C29H30BrFN6O2. The molecule has 0 bridgehead atoms. The molecule has 1 saturated heterocycles. The Morgan fingerprint density at radius 1 is 1.13 bits per heavy atom. The van der Waals surface area contributed by atoms with Crippen molar-refractivity contribution >= 4 is 38.6 Å². The van der Waals surface area contributed by atoms with Crippen molar-refractivity contribution in [1.82, 2.24) is 24.8 Å². The number of H-pyrrole nitrogens is 2. The zero-order chi connectivity index (χ0) is 27.1. The maximum atomic E-state index is 13.8. The van der Waals surface area contributed by atoms with Crippen LogP contribution in [0, 0.1) is 5.82 Å². The van der Waals surface area contributed by atoms with E-state index in [1.54, 1.807) is 18.3 Å². The zero-order valence-electron chi connectivity index (χ0n) is 21.7. The zero-order valence-corrected chi connectivity index (χ0v) is 23.3. The number of imidazole rings is 1. The molecular weight excluding hydrogens is 563 g/mol. The van der Waals surface area contributed by atoms with Gasteiger partial charge in [-0.15, -0.1) is 0 Å². The Balaban J connectivity index is 1.24. The van der Waals surface area contributed by atoms with Gasteiger partial charge in [-0.3, -0.25) is 9.59 Å². The van der Waals surface area contributed by atoms with Crippen LogP contribution in [0.3, 0.4) is 0 Å². The highest BCUT2D eigenvalue weighted by atomic mass is 79.9. The van der Waals surface area contributed by atoms with E-state index in [0.717, 1.165) is 47.3 Å². The number of hydrogen-bond donors (Lipinski definition) is 3. The van der Waals surface area contributed by atoms with E-state index in [9.17, 15) is 14.0 Å². The van der Waals surface area contributed by atoms with Crippen LogP contribution in [0.1, 0.15) is 41.3 Å². The number of likely N-dealkylation sites (tertiary alicyclic amines) is 1. The number of rotatable bonds is 8. The lowest BCUT2D eigenvalue weighted by Crippen LogP contribution is -2.33. The summed E-state index contributed by atoms with van der Waals surface area (Å²) in [5, 5.41) is 3.40. The van der Waals surface area contributed by atoms with Crippen molar-refractivity contribution in [1.29, 1.82) is 0 Å². The third-order valence-electron chi connectivity index (χ3n) is 7.60. The molecule has 1 atom stereocenters. The number of amides is 1. The van der Waals surface area contributed by atoms with E-state index < -0.39 is 0 Å². The van der Waals surface area contributed by atoms with Crippen LogP contribution in [-0.4, -0.2) is 62.9 Å². The Morgan fingerprint density at radius 2 is 1.95 bits per heavy atom. The number of carbonyl (C=O) groups excluding carboxylic acids is 1. The van der Waals surface area contributed by atoms with Crippen LogP contribution in [0.4, 0.5) is 10.1 Å². The third kappa shape index (κ3) is 5.23. The first-order valence-electron chi connectivity index (χ1n) is 13.3. The number of hydrogen-bond acceptors (Lipinski definition) is 5. The average molecular weight is 594 g/mol. The lowest BCUT2D eigenvalue weighted by atomic mass is 10.1. The van der Waals surface area contributed by atoms with Crippen molar-refractivity contribution in [2.45, 2.75) is 38.8 Å². The molecule has 3 N–H and O–H groups in total. The van der Waals surface area contributed by atoms with Crippen LogP contribution in [0.2, 0.25) is 0 Å². The number of anilines is 1. The first-order valence-corrected chi connectivity index (χ1v) is 14.1. The minimum absolute atomic E-state index is 0.0351. The van der Waals surface area contributed by atoms with Gasteiger partial charge in [-0.05, 0) is 86.8 Å². The summed E-state index contributed by atoms with van der Waals surface area (Å²) in [7, 11) is 0. The van der Waals surface area contributed by atoms with E-state index >= 15 is 0 Å². The van der Waals surface area contributed by atoms with E-state index in [4.69, 9.17) is 4.98 Å². The average Bonchev–Trinajstić information content (AvgIpc) is 3.63. The van der Waals surface area contributed by atoms with E-state index in [1.165, 1.54) is 25.0 Å². The van der Waals surface area contributed by atoms with Gasteiger partial charge in [-0.1, -0.05) is 15.9 Å². The molecule has 2 aromatic carbocycles. The Bertz CT molecular complexity index is 1610. The highest BCUT2D eigenvalue weighted by Crippen LogP contribution is 2.30. The number of carbonyl (C=O) groups is 1. The van der Waals surface area contributed by atoms with Gasteiger partial charge in [0.15, 0.2) is 0 Å². The first kappa shape index (κ1) is 25.8. The normalized spacial score (nSPS) is 16.3. The molecule has 6 rings (SSSR count). The van der Waals surface area contributed by atoms with Crippen LogP contribution >= 0.6 is 15.9 Å². The molecule has 1 fully saturated rings. The van der Waals surface area contributed by atoms with Crippen LogP contribution in [0.5, 0.6) is 0 Å². The Labute approximate surface area is 233 Å². The number of halogens is 2. The molecule has 4 heterocycles. The number of nitrogens with zero attached hydrogens (tertiary/aromatic N) is 3. The lowest BCUT2D eigenvalue weighted by Gasteiger charge is -2.20. The fraction of sp³-hybridized carbons (Fsp3) is 0.345. The molecule has 0 saturated carbocycles. The molecule has 0 radical (unpaired) electrons. The number of aromatic amines is 2. The van der Waals surface area contributed by atoms with E-state index in [0.29, 0.717) is 41.1 Å². The van der Waals surface area contributed by atoms with E-state index in [1.807, 2.05) is 24.0 Å². The van der Waals surface area contributed by atoms with Gasteiger partial charge in [-0.25, -0.2) is 9.37 Å². The maximum Gasteiger partial charge on any atom is 0.261 e. The second-order valence-electron chi connectivity index (χ2n) is 10.5. The minimum Gasteiger partial charge on any atom is -0.381 e. The molecule has 1 unspecified atom stereocenters. The summed E-state index contributed by atoms with van der Waals surface area (Å²) in [6, 6.07) is 10.1. The Hall–Kier alpha value is -3.50. The van der Waals surface area contributed by atoms with Gasteiger partial charge in [0.1, 0.15) is 17.2 Å². The summed E-state index contributed by atoms with van der Waals surface area (Å²) in [4.78, 5) is 41.2. The molecule has 0 aliphatic carbocycles. The van der Waals surface area contributed by atoms with Crippen molar-refractivity contribution in [3.63, 3.8) is 0 Å². The van der Waals surface area contributed by atoms with Crippen LogP contribution in [0.25, 0.3) is 22.4 Å². The highest BCUT2D eigenvalue weighted by molar-refractivity contribution is 9.10. The van der Waals surface area contributed by atoms with Gasteiger partial charge < -0.3 is 25.1 Å². The maximum absolute atomic E-state index is 13.8. The summed E-state index contributed by atoms with van der Waals surface area (Å²) in [6.07, 6.45) is 4.61. The lowest BCUT2D eigenvalue weighted by molar-refractivity contribution is 0.0763. The fourth-order valence-corrected chi connectivity index (χ4v) is 6.04. The molecule has 4 aromatic rings. The monoisotopic (exact) mass is 592 g/mol. The summed E-state index contributed by atoms with van der Waals surface area (Å²) in [5.74, 6) is 0.169. The first-order chi connectivity index (χ1) is 18.9. The van der Waals surface area contributed by atoms with Gasteiger partial charge in [0, 0.05) is 41.9 Å². The number of aromatic nitrogens is 3. The largest absolute Gasteiger partial charge is 0.381 e. The van der Waals surface area contributed by atoms with Crippen molar-refractivity contribution in [3.05, 3.63) is 79.9 Å². The predicted octanol–water partition coefficient (Wildman–Crippen LogP) is 4.91. The smallest absolute Gasteiger partial charge is 0.261 e. The van der Waals surface area contributed by atoms with Gasteiger partial charge in [0.2, 0.25) is 0 Å². The summed E-state index contributed by atoms with van der Waals surface area (Å²) < 4.78 is 14.6. The molecule has 2 aliphatic rings. The molecule has 0 spiro atoms. The fourth-order valence-electron chi connectivity index (χ4n) is 5.63. The number of pyridine rings is 1. The molecule has 202 valence electrons. The highest BCUT2D eigenvalue weighted by Gasteiger charge is 2.29. The van der Waals surface area contributed by atoms with Crippen LogP contribution < -0.4 is 10.9 Å². The van der Waals surface area contributed by atoms with Gasteiger partial charge in [0.25, 0.3) is 11.5 Å². The molecule has 8 nitrogen and oxygen atoms in total. The van der Waals surface area contributed by atoms with Crippen molar-refractivity contribution in [3.8, 4) is 11.4 Å². The number of benzene rings is 2. The standard InChI is InChI=1S/C29H30BrFN6O2/c1-17(12-18-13-20(31)4-5-22(18)30)33-23-6-7-32-28(38)26(23)27-34-24-14-19-16-37(11-10-36-8-2-3-9-36)29(39)21(19)15-25(24)35-27/h4-7,13-15,17H,2-3,8-12,16H2,1H3,(H,34,35)(H2,32,33,38). The molecule has 39 heavy (non-hydrogen) atoms. The second kappa shape index (κ2) is 10.6. The molecule has 2 aliphatic heterocycles. The number of fused-ring (bicyclic) bond motifs is 2. The molecule has 10 heteroatoms. The summed E-state index contributed by atoms with van der Waals surface area (Å²) in [5.41, 5.74) is 4.63. The quantitative estimate of drug-likeness (QED) is 0.270. The van der Waals surface area contributed by atoms with Crippen molar-refractivity contribution < 1.29 is 9.18 Å². The van der Waals surface area contributed by atoms with Gasteiger partial charge >= 0.3 is 0 Å². The molecule has 1 amide bonds. The minimum atomic E-state index is -0.292. The summed E-state index contributed by atoms with van der Waals surface area (Å²) >= 11 is 3.49. The predicted molar refractivity (Wildman–Crippen MR) is 153 cm³/mol. The van der Waals surface area contributed by atoms with E-state index in [2.05, 4.69) is 36.1 Å². The molecule has 2 aromatic heterocycles. The van der Waals surface area contributed by atoms with Crippen LogP contribution in [-0.2, 0) is 13.0 Å². The third-order valence-corrected chi connectivity index (χ3v) is 8.38. The van der Waals surface area contributed by atoms with Gasteiger partial charge in [0.05, 0.1) is 16.7 Å². The summed E-state index contributed by atoms with van der Waals surface area (Å²) in [6.45, 7) is 6.41. The van der Waals surface area contributed by atoms with Crippen LogP contribution in [0.15, 0.2) is 51.9 Å². The second-order valence-corrected chi connectivity index (χ2v) is 11.3. The Morgan fingerprint density at radius 3 is 2.77 bits per heavy atom. The van der Waals surface area contributed by atoms with E-state index in [-0.39, 0.29) is 23.3 Å². The van der Waals surface area contributed by atoms with Crippen molar-refractivity contribution in [2.24, 2.45) is 0 Å². The van der Waals surface area contributed by atoms with Crippen molar-refractivity contribution in [2.75, 3.05) is 31.5 Å². The topological polar surface area (TPSA) is 97.1 Å². The SMILES string of the molecule is CC(Cc1cc(F)ccc1Br)Nc1cc[nH]c(=O)c1-c1nc2cc3c(cc2[nH]1)CN(CCN1CCCC1)C3=O.